The third-order valence-electron chi connectivity index (χ3n) is 2.75. The largest absolute Gasteiger partial charge is 0.496 e. The summed E-state index contributed by atoms with van der Waals surface area (Å²) >= 11 is 0. The molecule has 0 aliphatic carbocycles. The third kappa shape index (κ3) is 3.53. The SMILES string of the molecule is COc1ccc(OC)c(CCCN(C)C)c1N. The van der Waals surface area contributed by atoms with Gasteiger partial charge in [-0.25, -0.2) is 0 Å². The minimum atomic E-state index is 0.686. The summed E-state index contributed by atoms with van der Waals surface area (Å²) in [6, 6.07) is 3.74. The Kier molecular flexibility index (Phi) is 5.10. The fourth-order valence-corrected chi connectivity index (χ4v) is 1.82. The van der Waals surface area contributed by atoms with E-state index in [1.54, 1.807) is 14.2 Å². The van der Waals surface area contributed by atoms with Crippen molar-refractivity contribution in [3.05, 3.63) is 17.7 Å². The first-order chi connectivity index (χ1) is 8.10. The Morgan fingerprint density at radius 3 is 2.24 bits per heavy atom. The van der Waals surface area contributed by atoms with E-state index in [1.165, 1.54) is 0 Å². The van der Waals surface area contributed by atoms with Crippen LogP contribution in [0.1, 0.15) is 12.0 Å². The lowest BCUT2D eigenvalue weighted by atomic mass is 10.1. The van der Waals surface area contributed by atoms with Gasteiger partial charge in [0.15, 0.2) is 0 Å². The number of methoxy groups -OCH3 is 2. The average molecular weight is 238 g/mol. The monoisotopic (exact) mass is 238 g/mol. The van der Waals surface area contributed by atoms with E-state index in [1.807, 2.05) is 12.1 Å². The summed E-state index contributed by atoms with van der Waals surface area (Å²) in [5, 5.41) is 0. The molecule has 0 unspecified atom stereocenters. The Hall–Kier alpha value is -1.42. The van der Waals surface area contributed by atoms with E-state index in [9.17, 15) is 0 Å². The van der Waals surface area contributed by atoms with Gasteiger partial charge in [-0.2, -0.15) is 0 Å². The van der Waals surface area contributed by atoms with Gasteiger partial charge in [-0.05, 0) is 45.6 Å². The number of rotatable bonds is 6. The molecule has 0 amide bonds. The van der Waals surface area contributed by atoms with Gasteiger partial charge in [0.05, 0.1) is 19.9 Å². The molecule has 0 saturated heterocycles. The molecule has 0 heterocycles. The Bertz CT molecular complexity index is 365. The van der Waals surface area contributed by atoms with Gasteiger partial charge < -0.3 is 20.1 Å². The number of benzene rings is 1. The van der Waals surface area contributed by atoms with E-state index in [0.717, 1.165) is 30.7 Å². The van der Waals surface area contributed by atoms with Crippen molar-refractivity contribution in [1.82, 2.24) is 4.90 Å². The summed E-state index contributed by atoms with van der Waals surface area (Å²) in [5.74, 6) is 1.55. The van der Waals surface area contributed by atoms with Crippen LogP contribution in [0.5, 0.6) is 11.5 Å². The molecule has 4 heteroatoms. The summed E-state index contributed by atoms with van der Waals surface area (Å²) in [5.41, 5.74) is 7.79. The zero-order valence-corrected chi connectivity index (χ0v) is 11.1. The van der Waals surface area contributed by atoms with Crippen molar-refractivity contribution >= 4 is 5.69 Å². The Morgan fingerprint density at radius 1 is 1.12 bits per heavy atom. The second-order valence-corrected chi connectivity index (χ2v) is 4.27. The first kappa shape index (κ1) is 13.6. The zero-order chi connectivity index (χ0) is 12.8. The van der Waals surface area contributed by atoms with Gasteiger partial charge in [0.25, 0.3) is 0 Å². The van der Waals surface area contributed by atoms with E-state index in [-0.39, 0.29) is 0 Å². The molecule has 1 rings (SSSR count). The quantitative estimate of drug-likeness (QED) is 0.767. The van der Waals surface area contributed by atoms with Gasteiger partial charge >= 0.3 is 0 Å². The molecule has 2 N–H and O–H groups in total. The topological polar surface area (TPSA) is 47.7 Å². The number of hydrogen-bond acceptors (Lipinski definition) is 4. The van der Waals surface area contributed by atoms with Gasteiger partial charge in [-0.1, -0.05) is 0 Å². The van der Waals surface area contributed by atoms with Crippen LogP contribution in [0.4, 0.5) is 5.69 Å². The highest BCUT2D eigenvalue weighted by Crippen LogP contribution is 2.33. The van der Waals surface area contributed by atoms with Crippen LogP contribution in [-0.2, 0) is 6.42 Å². The average Bonchev–Trinajstić information content (AvgIpc) is 2.30. The van der Waals surface area contributed by atoms with Crippen molar-refractivity contribution < 1.29 is 9.47 Å². The fraction of sp³-hybridized carbons (Fsp3) is 0.538. The van der Waals surface area contributed by atoms with Gasteiger partial charge in [0, 0.05) is 5.56 Å². The molecule has 0 bridgehead atoms. The Balaban J connectivity index is 2.86. The molecule has 0 fully saturated rings. The predicted molar refractivity (Wildman–Crippen MR) is 70.8 cm³/mol. The van der Waals surface area contributed by atoms with Gasteiger partial charge in [-0.3, -0.25) is 0 Å². The Morgan fingerprint density at radius 2 is 1.71 bits per heavy atom. The van der Waals surface area contributed by atoms with Crippen LogP contribution in [0.15, 0.2) is 12.1 Å². The molecule has 0 saturated carbocycles. The van der Waals surface area contributed by atoms with Crippen molar-refractivity contribution in [3.8, 4) is 11.5 Å². The summed E-state index contributed by atoms with van der Waals surface area (Å²) in [4.78, 5) is 2.16. The lowest BCUT2D eigenvalue weighted by Gasteiger charge is -2.15. The van der Waals surface area contributed by atoms with Crippen LogP contribution in [-0.4, -0.2) is 39.8 Å². The van der Waals surface area contributed by atoms with Crippen molar-refractivity contribution in [2.75, 3.05) is 40.6 Å². The molecule has 17 heavy (non-hydrogen) atoms. The molecule has 96 valence electrons. The van der Waals surface area contributed by atoms with Crippen LogP contribution < -0.4 is 15.2 Å². The van der Waals surface area contributed by atoms with E-state index < -0.39 is 0 Å². The summed E-state index contributed by atoms with van der Waals surface area (Å²) < 4.78 is 10.6. The van der Waals surface area contributed by atoms with Gasteiger partial charge in [-0.15, -0.1) is 0 Å². The molecule has 0 aliphatic heterocycles. The van der Waals surface area contributed by atoms with Crippen LogP contribution in [0.2, 0.25) is 0 Å². The van der Waals surface area contributed by atoms with Crippen LogP contribution in [0, 0.1) is 0 Å². The maximum atomic E-state index is 6.07. The molecular formula is C13H22N2O2. The molecule has 1 aromatic rings. The van der Waals surface area contributed by atoms with Gasteiger partial charge in [0.2, 0.25) is 0 Å². The van der Waals surface area contributed by atoms with Crippen LogP contribution in [0.3, 0.4) is 0 Å². The van der Waals surface area contributed by atoms with E-state index in [2.05, 4.69) is 19.0 Å². The summed E-state index contributed by atoms with van der Waals surface area (Å²) in [6.07, 6.45) is 1.94. The standard InChI is InChI=1S/C13H22N2O2/c1-15(2)9-5-6-10-11(16-3)7-8-12(17-4)13(10)14/h7-8H,5-6,9,14H2,1-4H3. The van der Waals surface area contributed by atoms with Crippen LogP contribution >= 0.6 is 0 Å². The fourth-order valence-electron chi connectivity index (χ4n) is 1.82. The number of hydrogen-bond donors (Lipinski definition) is 1. The first-order valence-electron chi connectivity index (χ1n) is 5.74. The summed E-state index contributed by atoms with van der Waals surface area (Å²) in [7, 11) is 7.41. The maximum Gasteiger partial charge on any atom is 0.142 e. The normalized spacial score (nSPS) is 10.6. The molecule has 0 aliphatic rings. The molecule has 0 radical (unpaired) electrons. The maximum absolute atomic E-state index is 6.07. The highest BCUT2D eigenvalue weighted by Gasteiger charge is 2.11. The van der Waals surface area contributed by atoms with E-state index in [0.29, 0.717) is 11.4 Å². The minimum Gasteiger partial charge on any atom is -0.496 e. The number of nitrogen functional groups attached to an aromatic ring is 1. The molecule has 1 aromatic carbocycles. The van der Waals surface area contributed by atoms with Crippen LogP contribution in [0.25, 0.3) is 0 Å². The molecule has 0 aromatic heterocycles. The smallest absolute Gasteiger partial charge is 0.142 e. The van der Waals surface area contributed by atoms with E-state index in [4.69, 9.17) is 15.2 Å². The van der Waals surface area contributed by atoms with Crippen molar-refractivity contribution in [2.45, 2.75) is 12.8 Å². The molecular weight excluding hydrogens is 216 g/mol. The van der Waals surface area contributed by atoms with Crippen molar-refractivity contribution in [1.29, 1.82) is 0 Å². The lowest BCUT2D eigenvalue weighted by Crippen LogP contribution is -2.14. The highest BCUT2D eigenvalue weighted by molar-refractivity contribution is 5.63. The van der Waals surface area contributed by atoms with Crippen molar-refractivity contribution in [3.63, 3.8) is 0 Å². The second kappa shape index (κ2) is 6.35. The van der Waals surface area contributed by atoms with Gasteiger partial charge in [0.1, 0.15) is 11.5 Å². The van der Waals surface area contributed by atoms with Crippen molar-refractivity contribution in [2.24, 2.45) is 0 Å². The minimum absolute atomic E-state index is 0.686. The number of nitrogens with zero attached hydrogens (tertiary/aromatic N) is 1. The Labute approximate surface area is 103 Å². The lowest BCUT2D eigenvalue weighted by molar-refractivity contribution is 0.388. The zero-order valence-electron chi connectivity index (χ0n) is 11.1. The third-order valence-corrected chi connectivity index (χ3v) is 2.75. The molecule has 0 atom stereocenters. The highest BCUT2D eigenvalue weighted by atomic mass is 16.5. The molecule has 4 nitrogen and oxygen atoms in total. The summed E-state index contributed by atoms with van der Waals surface area (Å²) in [6.45, 7) is 1.03. The first-order valence-corrected chi connectivity index (χ1v) is 5.74. The number of nitrogens with two attached hydrogens (primary N) is 1. The second-order valence-electron chi connectivity index (χ2n) is 4.27. The number of anilines is 1. The van der Waals surface area contributed by atoms with E-state index >= 15 is 0 Å². The molecule has 0 spiro atoms. The predicted octanol–water partition coefficient (Wildman–Crippen LogP) is 1.78. The number of ether oxygens (including phenoxy) is 2.